The molecule has 1 N–H and O–H groups in total. The Kier molecular flexibility index (Phi) is 5.91. The zero-order chi connectivity index (χ0) is 18.8. The zero-order valence-electron chi connectivity index (χ0n) is 13.0. The number of carbonyl (C=O) groups excluding carboxylic acids is 1. The third-order valence-corrected chi connectivity index (χ3v) is 3.61. The summed E-state index contributed by atoms with van der Waals surface area (Å²) in [4.78, 5) is 13.0. The fraction of sp³-hybridized carbons (Fsp3) is 0.533. The van der Waals surface area contributed by atoms with Gasteiger partial charge in [0.2, 0.25) is 5.91 Å². The summed E-state index contributed by atoms with van der Waals surface area (Å²) in [7, 11) is 1.37. The van der Waals surface area contributed by atoms with Gasteiger partial charge in [0.1, 0.15) is 0 Å². The van der Waals surface area contributed by atoms with Crippen LogP contribution < -0.4 is 4.90 Å². The second-order valence-corrected chi connectivity index (χ2v) is 5.31. The fourth-order valence-electron chi connectivity index (χ4n) is 2.05. The molecule has 1 rings (SSSR count). The molecular weight excluding hydrogens is 340 g/mol. The van der Waals surface area contributed by atoms with Crippen molar-refractivity contribution in [2.75, 3.05) is 11.9 Å². The van der Waals surface area contributed by atoms with Gasteiger partial charge in [0, 0.05) is 24.7 Å². The lowest BCUT2D eigenvalue weighted by Crippen LogP contribution is -2.53. The maximum atomic E-state index is 12.8. The number of unbranched alkanes of at least 4 members (excludes halogenated alkanes) is 1. The highest BCUT2D eigenvalue weighted by atomic mass is 19.4. The molecule has 0 saturated carbocycles. The van der Waals surface area contributed by atoms with Gasteiger partial charge in [-0.1, -0.05) is 25.5 Å². The van der Waals surface area contributed by atoms with E-state index in [1.165, 1.54) is 7.05 Å². The molecule has 1 aromatic rings. The van der Waals surface area contributed by atoms with Gasteiger partial charge >= 0.3 is 12.4 Å². The molecule has 1 aromatic carbocycles. The average molecular weight is 357 g/mol. The molecule has 24 heavy (non-hydrogen) atoms. The monoisotopic (exact) mass is 357 g/mol. The minimum atomic E-state index is -5.93. The van der Waals surface area contributed by atoms with Crippen LogP contribution in [0.15, 0.2) is 24.3 Å². The Bertz CT molecular complexity index is 551. The first-order chi connectivity index (χ1) is 10.9. The molecule has 0 bridgehead atoms. The van der Waals surface area contributed by atoms with E-state index in [0.29, 0.717) is 18.6 Å². The molecule has 0 atom stereocenters. The highest BCUT2D eigenvalue weighted by molar-refractivity contribution is 5.92. The van der Waals surface area contributed by atoms with Gasteiger partial charge in [-0.2, -0.15) is 26.3 Å². The van der Waals surface area contributed by atoms with E-state index < -0.39 is 23.5 Å². The van der Waals surface area contributed by atoms with Crippen LogP contribution in [0.2, 0.25) is 0 Å². The topological polar surface area (TPSA) is 40.5 Å². The summed E-state index contributed by atoms with van der Waals surface area (Å²) >= 11 is 0. The number of rotatable bonds is 5. The number of nitrogens with zero attached hydrogens (tertiary/aromatic N) is 1. The molecule has 0 heterocycles. The van der Waals surface area contributed by atoms with Crippen molar-refractivity contribution in [2.45, 2.75) is 44.1 Å². The van der Waals surface area contributed by atoms with E-state index >= 15 is 0 Å². The van der Waals surface area contributed by atoms with Crippen molar-refractivity contribution in [1.82, 2.24) is 0 Å². The summed E-state index contributed by atoms with van der Waals surface area (Å²) in [6, 6.07) is 2.89. The molecule has 0 aromatic heterocycles. The van der Waals surface area contributed by atoms with Crippen LogP contribution in [0.25, 0.3) is 0 Å². The molecule has 0 spiro atoms. The summed E-state index contributed by atoms with van der Waals surface area (Å²) < 4.78 is 76.7. The summed E-state index contributed by atoms with van der Waals surface area (Å²) in [5.41, 5.74) is -6.20. The van der Waals surface area contributed by atoms with Gasteiger partial charge in [-0.25, -0.2) is 0 Å². The highest BCUT2D eigenvalue weighted by Crippen LogP contribution is 2.50. The quantitative estimate of drug-likeness (QED) is 0.805. The summed E-state index contributed by atoms with van der Waals surface area (Å²) in [6.45, 7) is 1.87. The predicted octanol–water partition coefficient (Wildman–Crippen LogP) is 4.15. The third-order valence-electron chi connectivity index (χ3n) is 3.61. The van der Waals surface area contributed by atoms with Gasteiger partial charge in [-0.15, -0.1) is 0 Å². The standard InChI is InChI=1S/C15H17F6NO2/c1-3-4-5-12(23)22(2)11-8-6-10(7-9-11)13(24,14(16,17)18)15(19,20)21/h6-9,24H,3-5H2,1-2H3. The molecule has 0 aliphatic carbocycles. The summed E-state index contributed by atoms with van der Waals surface area (Å²) in [6.07, 6.45) is -10.3. The number of benzene rings is 1. The molecule has 136 valence electrons. The zero-order valence-corrected chi connectivity index (χ0v) is 13.0. The molecule has 0 saturated heterocycles. The van der Waals surface area contributed by atoms with E-state index in [2.05, 4.69) is 0 Å². The Labute approximate surface area is 134 Å². The van der Waals surface area contributed by atoms with Crippen LogP contribution in [0, 0.1) is 0 Å². The van der Waals surface area contributed by atoms with Crippen LogP contribution in [0.4, 0.5) is 32.0 Å². The lowest BCUT2D eigenvalue weighted by atomic mass is 9.92. The van der Waals surface area contributed by atoms with Gasteiger partial charge in [0.15, 0.2) is 0 Å². The van der Waals surface area contributed by atoms with Crippen molar-refractivity contribution < 1.29 is 36.2 Å². The molecule has 0 radical (unpaired) electrons. The minimum absolute atomic E-state index is 0.131. The number of anilines is 1. The number of hydrogen-bond acceptors (Lipinski definition) is 2. The molecule has 9 heteroatoms. The number of hydrogen-bond donors (Lipinski definition) is 1. The Morgan fingerprint density at radius 1 is 1.04 bits per heavy atom. The summed E-state index contributed by atoms with van der Waals surface area (Å²) in [5, 5.41) is 9.28. The van der Waals surface area contributed by atoms with Crippen LogP contribution in [0.5, 0.6) is 0 Å². The number of carbonyl (C=O) groups is 1. The summed E-state index contributed by atoms with van der Waals surface area (Å²) in [5.74, 6) is -0.313. The van der Waals surface area contributed by atoms with Crippen LogP contribution in [0.3, 0.4) is 0 Å². The van der Waals surface area contributed by atoms with Gasteiger partial charge in [0.25, 0.3) is 5.60 Å². The normalized spacial score (nSPS) is 13.0. The maximum absolute atomic E-state index is 12.8. The van der Waals surface area contributed by atoms with Crippen molar-refractivity contribution in [1.29, 1.82) is 0 Å². The first kappa shape index (κ1) is 20.3. The fourth-order valence-corrected chi connectivity index (χ4v) is 2.05. The molecule has 0 aliphatic rings. The first-order valence-electron chi connectivity index (χ1n) is 7.09. The molecule has 0 unspecified atom stereocenters. The van der Waals surface area contributed by atoms with E-state index in [4.69, 9.17) is 0 Å². The van der Waals surface area contributed by atoms with Gasteiger partial charge < -0.3 is 10.0 Å². The third kappa shape index (κ3) is 3.82. The number of halogens is 6. The van der Waals surface area contributed by atoms with Crippen molar-refractivity contribution in [2.24, 2.45) is 0 Å². The second-order valence-electron chi connectivity index (χ2n) is 5.31. The molecule has 0 fully saturated rings. The Morgan fingerprint density at radius 2 is 1.50 bits per heavy atom. The number of aliphatic hydroxyl groups is 1. The average Bonchev–Trinajstić information content (AvgIpc) is 2.49. The van der Waals surface area contributed by atoms with Crippen molar-refractivity contribution in [3.05, 3.63) is 29.8 Å². The van der Waals surface area contributed by atoms with Crippen LogP contribution in [-0.4, -0.2) is 30.4 Å². The second kappa shape index (κ2) is 7.00. The number of alkyl halides is 6. The van der Waals surface area contributed by atoms with E-state index in [9.17, 15) is 36.2 Å². The van der Waals surface area contributed by atoms with Crippen molar-refractivity contribution in [3.63, 3.8) is 0 Å². The lowest BCUT2D eigenvalue weighted by Gasteiger charge is -2.32. The van der Waals surface area contributed by atoms with Crippen molar-refractivity contribution in [3.8, 4) is 0 Å². The molecular formula is C15H17F6NO2. The van der Waals surface area contributed by atoms with Gasteiger partial charge in [-0.05, 0) is 18.6 Å². The first-order valence-corrected chi connectivity index (χ1v) is 7.09. The lowest BCUT2D eigenvalue weighted by molar-refractivity contribution is -0.376. The van der Waals surface area contributed by atoms with Crippen LogP contribution in [0.1, 0.15) is 31.7 Å². The molecule has 3 nitrogen and oxygen atoms in total. The smallest absolute Gasteiger partial charge is 0.369 e. The predicted molar refractivity (Wildman–Crippen MR) is 75.4 cm³/mol. The van der Waals surface area contributed by atoms with E-state index in [1.807, 2.05) is 6.92 Å². The Morgan fingerprint density at radius 3 is 1.88 bits per heavy atom. The Balaban J connectivity index is 3.15. The van der Waals surface area contributed by atoms with E-state index in [-0.39, 0.29) is 18.0 Å². The van der Waals surface area contributed by atoms with Crippen LogP contribution >= 0.6 is 0 Å². The Hall–Kier alpha value is -1.77. The largest absolute Gasteiger partial charge is 0.430 e. The number of amides is 1. The SMILES string of the molecule is CCCCC(=O)N(C)c1ccc(C(O)(C(F)(F)F)C(F)(F)F)cc1. The van der Waals surface area contributed by atoms with Gasteiger partial charge in [-0.3, -0.25) is 4.79 Å². The van der Waals surface area contributed by atoms with E-state index in [1.54, 1.807) is 0 Å². The maximum Gasteiger partial charge on any atom is 0.430 e. The van der Waals surface area contributed by atoms with Gasteiger partial charge in [0.05, 0.1) is 0 Å². The van der Waals surface area contributed by atoms with Crippen molar-refractivity contribution >= 4 is 11.6 Å². The minimum Gasteiger partial charge on any atom is -0.369 e. The van der Waals surface area contributed by atoms with E-state index in [0.717, 1.165) is 23.5 Å². The molecule has 1 amide bonds. The highest BCUT2D eigenvalue weighted by Gasteiger charge is 2.71. The van der Waals surface area contributed by atoms with Crippen LogP contribution in [-0.2, 0) is 10.4 Å². The molecule has 0 aliphatic heterocycles.